The van der Waals surface area contributed by atoms with Gasteiger partial charge in [0.2, 0.25) is 0 Å². The van der Waals surface area contributed by atoms with E-state index in [0.717, 1.165) is 22.2 Å². The molecule has 1 aromatic heterocycles. The second-order valence-electron chi connectivity index (χ2n) is 5.21. The summed E-state index contributed by atoms with van der Waals surface area (Å²) in [5.41, 5.74) is 7.98. The van der Waals surface area contributed by atoms with Gasteiger partial charge < -0.3 is 15.8 Å². The minimum atomic E-state index is -1.00. The highest BCUT2D eigenvalue weighted by atomic mass is 16.4. The number of aryl methyl sites for hydroxylation is 1. The summed E-state index contributed by atoms with van der Waals surface area (Å²) in [7, 11) is 0. The molecule has 0 aliphatic rings. The summed E-state index contributed by atoms with van der Waals surface area (Å²) in [5.74, 6) is -0.889. The van der Waals surface area contributed by atoms with Gasteiger partial charge in [0.05, 0.1) is 5.41 Å². The molecule has 0 aliphatic carbocycles. The zero-order chi connectivity index (χ0) is 13.5. The average molecular weight is 246 g/mol. The van der Waals surface area contributed by atoms with Crippen LogP contribution in [0.2, 0.25) is 0 Å². The van der Waals surface area contributed by atoms with Crippen molar-refractivity contribution in [2.75, 3.05) is 0 Å². The normalized spacial score (nSPS) is 13.8. The summed E-state index contributed by atoms with van der Waals surface area (Å²) in [6.07, 6.45) is 0. The number of aromatic amines is 1. The number of aliphatic carboxylic acids is 1. The Morgan fingerprint density at radius 2 is 2.00 bits per heavy atom. The SMILES string of the molecule is Cc1[nH]c2ccccc2c1C(N)C(C)(C)C(=O)O. The first kappa shape index (κ1) is 12.6. The zero-order valence-electron chi connectivity index (χ0n) is 10.8. The first-order chi connectivity index (χ1) is 8.35. The van der Waals surface area contributed by atoms with Crippen LogP contribution in [0.4, 0.5) is 0 Å². The Balaban J connectivity index is 2.61. The molecule has 4 heteroatoms. The minimum Gasteiger partial charge on any atom is -0.481 e. The Kier molecular flexibility index (Phi) is 2.91. The molecule has 2 rings (SSSR count). The Labute approximate surface area is 106 Å². The smallest absolute Gasteiger partial charge is 0.311 e. The number of benzene rings is 1. The fourth-order valence-electron chi connectivity index (χ4n) is 2.19. The molecule has 0 amide bonds. The van der Waals surface area contributed by atoms with Gasteiger partial charge in [-0.2, -0.15) is 0 Å². The monoisotopic (exact) mass is 246 g/mol. The first-order valence-electron chi connectivity index (χ1n) is 5.92. The van der Waals surface area contributed by atoms with Crippen LogP contribution in [-0.4, -0.2) is 16.1 Å². The van der Waals surface area contributed by atoms with Gasteiger partial charge in [0.15, 0.2) is 0 Å². The molecule has 18 heavy (non-hydrogen) atoms. The van der Waals surface area contributed by atoms with Crippen LogP contribution in [-0.2, 0) is 4.79 Å². The molecule has 96 valence electrons. The van der Waals surface area contributed by atoms with E-state index >= 15 is 0 Å². The zero-order valence-corrected chi connectivity index (χ0v) is 10.8. The number of para-hydroxylation sites is 1. The average Bonchev–Trinajstić information content (AvgIpc) is 2.63. The molecule has 0 spiro atoms. The van der Waals surface area contributed by atoms with Crippen molar-refractivity contribution >= 4 is 16.9 Å². The highest BCUT2D eigenvalue weighted by Gasteiger charge is 2.37. The van der Waals surface area contributed by atoms with Gasteiger partial charge in [-0.25, -0.2) is 0 Å². The molecule has 0 aliphatic heterocycles. The first-order valence-corrected chi connectivity index (χ1v) is 5.92. The van der Waals surface area contributed by atoms with E-state index in [1.54, 1.807) is 13.8 Å². The molecule has 1 atom stereocenters. The summed E-state index contributed by atoms with van der Waals surface area (Å²) in [6.45, 7) is 5.23. The van der Waals surface area contributed by atoms with Crippen LogP contribution in [0, 0.1) is 12.3 Å². The number of aromatic nitrogens is 1. The molecule has 0 saturated heterocycles. The lowest BCUT2D eigenvalue weighted by Crippen LogP contribution is -2.36. The van der Waals surface area contributed by atoms with Gasteiger partial charge in [-0.3, -0.25) is 4.79 Å². The largest absolute Gasteiger partial charge is 0.481 e. The predicted molar refractivity (Wildman–Crippen MR) is 71.4 cm³/mol. The summed E-state index contributed by atoms with van der Waals surface area (Å²) in [5, 5.41) is 10.3. The Bertz CT molecular complexity index is 599. The van der Waals surface area contributed by atoms with Gasteiger partial charge in [0, 0.05) is 22.6 Å². The third kappa shape index (κ3) is 1.78. The maximum absolute atomic E-state index is 11.3. The van der Waals surface area contributed by atoms with Gasteiger partial charge in [-0.1, -0.05) is 18.2 Å². The third-order valence-corrected chi connectivity index (χ3v) is 3.58. The van der Waals surface area contributed by atoms with Crippen molar-refractivity contribution in [3.63, 3.8) is 0 Å². The number of H-pyrrole nitrogens is 1. The van der Waals surface area contributed by atoms with Crippen molar-refractivity contribution in [3.05, 3.63) is 35.5 Å². The van der Waals surface area contributed by atoms with Crippen LogP contribution in [0.5, 0.6) is 0 Å². The number of fused-ring (bicyclic) bond motifs is 1. The number of nitrogens with one attached hydrogen (secondary N) is 1. The molecule has 4 N–H and O–H groups in total. The molecule has 0 radical (unpaired) electrons. The van der Waals surface area contributed by atoms with Gasteiger partial charge >= 0.3 is 5.97 Å². The van der Waals surface area contributed by atoms with E-state index in [1.807, 2.05) is 31.2 Å². The van der Waals surface area contributed by atoms with Crippen molar-refractivity contribution in [3.8, 4) is 0 Å². The van der Waals surface area contributed by atoms with Crippen LogP contribution < -0.4 is 5.73 Å². The third-order valence-electron chi connectivity index (χ3n) is 3.58. The highest BCUT2D eigenvalue weighted by Crippen LogP contribution is 2.37. The summed E-state index contributed by atoms with van der Waals surface area (Å²) < 4.78 is 0. The van der Waals surface area contributed by atoms with Crippen LogP contribution in [0.25, 0.3) is 10.9 Å². The molecule has 1 heterocycles. The molecule has 4 nitrogen and oxygen atoms in total. The molecular weight excluding hydrogens is 228 g/mol. The van der Waals surface area contributed by atoms with Crippen LogP contribution in [0.15, 0.2) is 24.3 Å². The quantitative estimate of drug-likeness (QED) is 0.778. The van der Waals surface area contributed by atoms with E-state index in [1.165, 1.54) is 0 Å². The fraction of sp³-hybridized carbons (Fsp3) is 0.357. The summed E-state index contributed by atoms with van der Waals surface area (Å²) >= 11 is 0. The lowest BCUT2D eigenvalue weighted by molar-refractivity contribution is -0.148. The Hall–Kier alpha value is -1.81. The lowest BCUT2D eigenvalue weighted by Gasteiger charge is -2.27. The standard InChI is InChI=1S/C14H18N2O2/c1-8-11(12(15)14(2,3)13(17)18)9-6-4-5-7-10(9)16-8/h4-7,12,16H,15H2,1-3H3,(H,17,18). The maximum atomic E-state index is 11.3. The highest BCUT2D eigenvalue weighted by molar-refractivity contribution is 5.86. The number of rotatable bonds is 3. The van der Waals surface area contributed by atoms with E-state index in [0.29, 0.717) is 0 Å². The minimum absolute atomic E-state index is 0.550. The van der Waals surface area contributed by atoms with Crippen LogP contribution >= 0.6 is 0 Å². The van der Waals surface area contributed by atoms with Crippen LogP contribution in [0.1, 0.15) is 31.1 Å². The van der Waals surface area contributed by atoms with Gasteiger partial charge in [0.1, 0.15) is 0 Å². The van der Waals surface area contributed by atoms with Gasteiger partial charge in [0.25, 0.3) is 0 Å². The maximum Gasteiger partial charge on any atom is 0.311 e. The Morgan fingerprint density at radius 1 is 1.39 bits per heavy atom. The van der Waals surface area contributed by atoms with Crippen molar-refractivity contribution in [2.24, 2.45) is 11.1 Å². The van der Waals surface area contributed by atoms with Crippen molar-refractivity contribution < 1.29 is 9.90 Å². The van der Waals surface area contributed by atoms with E-state index < -0.39 is 17.4 Å². The number of carboxylic acid groups (broad SMARTS) is 1. The lowest BCUT2D eigenvalue weighted by atomic mass is 9.80. The molecule has 0 saturated carbocycles. The molecule has 2 aromatic rings. The predicted octanol–water partition coefficient (Wildman–Crippen LogP) is 2.59. The van der Waals surface area contributed by atoms with E-state index in [9.17, 15) is 9.90 Å². The molecule has 0 bridgehead atoms. The van der Waals surface area contributed by atoms with Crippen molar-refractivity contribution in [1.29, 1.82) is 0 Å². The number of carboxylic acids is 1. The van der Waals surface area contributed by atoms with E-state index in [4.69, 9.17) is 5.73 Å². The van der Waals surface area contributed by atoms with Crippen molar-refractivity contribution in [1.82, 2.24) is 4.98 Å². The summed E-state index contributed by atoms with van der Waals surface area (Å²) in [6, 6.07) is 7.25. The molecule has 1 unspecified atom stereocenters. The number of hydrogen-bond acceptors (Lipinski definition) is 2. The number of nitrogens with two attached hydrogens (primary N) is 1. The molecule has 0 fully saturated rings. The molecular formula is C14H18N2O2. The van der Waals surface area contributed by atoms with Crippen molar-refractivity contribution in [2.45, 2.75) is 26.8 Å². The second-order valence-corrected chi connectivity index (χ2v) is 5.21. The van der Waals surface area contributed by atoms with Crippen LogP contribution in [0.3, 0.4) is 0 Å². The number of hydrogen-bond donors (Lipinski definition) is 3. The second kappa shape index (κ2) is 4.14. The Morgan fingerprint density at radius 3 is 2.61 bits per heavy atom. The fourth-order valence-corrected chi connectivity index (χ4v) is 2.19. The number of carbonyl (C=O) groups is 1. The topological polar surface area (TPSA) is 79.1 Å². The molecule has 1 aromatic carbocycles. The summed E-state index contributed by atoms with van der Waals surface area (Å²) in [4.78, 5) is 14.6. The van der Waals surface area contributed by atoms with Gasteiger partial charge in [-0.05, 0) is 32.4 Å². The van der Waals surface area contributed by atoms with E-state index in [2.05, 4.69) is 4.98 Å². The van der Waals surface area contributed by atoms with Gasteiger partial charge in [-0.15, -0.1) is 0 Å². The van der Waals surface area contributed by atoms with E-state index in [-0.39, 0.29) is 0 Å².